The Morgan fingerprint density at radius 1 is 1.26 bits per heavy atom. The molecule has 0 saturated carbocycles. The van der Waals surface area contributed by atoms with E-state index < -0.39 is 22.8 Å². The maximum absolute atomic E-state index is 13.3. The molecule has 31 heavy (non-hydrogen) atoms. The summed E-state index contributed by atoms with van der Waals surface area (Å²) in [4.78, 5) is 35.6. The molecule has 158 valence electrons. The van der Waals surface area contributed by atoms with E-state index in [9.17, 15) is 24.1 Å². The molecule has 10 heteroatoms. The minimum absolute atomic E-state index is 0.145. The summed E-state index contributed by atoms with van der Waals surface area (Å²) in [5.41, 5.74) is 2.80. The van der Waals surface area contributed by atoms with Gasteiger partial charge in [0.1, 0.15) is 17.7 Å². The number of nitro groups is 1. The normalized spacial score (nSPS) is 14.8. The lowest BCUT2D eigenvalue weighted by molar-refractivity contribution is -0.384. The number of nitrogens with one attached hydrogen (secondary N) is 2. The Bertz CT molecular complexity index is 1220. The van der Waals surface area contributed by atoms with Crippen molar-refractivity contribution >= 4 is 29.0 Å². The lowest BCUT2D eigenvalue weighted by Crippen LogP contribution is -2.24. The summed E-state index contributed by atoms with van der Waals surface area (Å²) in [6.45, 7) is 3.48. The van der Waals surface area contributed by atoms with Crippen LogP contribution in [-0.4, -0.2) is 26.5 Å². The van der Waals surface area contributed by atoms with Gasteiger partial charge in [0.05, 0.1) is 22.7 Å². The molecule has 1 aliphatic heterocycles. The van der Waals surface area contributed by atoms with Gasteiger partial charge in [-0.3, -0.25) is 19.7 Å². The maximum atomic E-state index is 13.3. The topological polar surface area (TPSA) is 119 Å². The fraction of sp³-hybridized carbons (Fsp3) is 0.190. The molecule has 1 atom stereocenters. The van der Waals surface area contributed by atoms with Gasteiger partial charge >= 0.3 is 0 Å². The monoisotopic (exact) mass is 423 g/mol. The molecule has 0 radical (unpaired) electrons. The first kappa shape index (κ1) is 20.2. The second-order valence-corrected chi connectivity index (χ2v) is 7.27. The Morgan fingerprint density at radius 3 is 2.65 bits per heavy atom. The van der Waals surface area contributed by atoms with Gasteiger partial charge in [-0.15, -0.1) is 0 Å². The molecule has 1 unspecified atom stereocenters. The van der Waals surface area contributed by atoms with Crippen molar-refractivity contribution in [3.63, 3.8) is 0 Å². The molecular formula is C21H18FN5O4. The number of aromatic nitrogens is 2. The molecular weight excluding hydrogens is 405 g/mol. The highest BCUT2D eigenvalue weighted by Crippen LogP contribution is 2.38. The van der Waals surface area contributed by atoms with Crippen molar-refractivity contribution in [1.82, 2.24) is 9.78 Å². The van der Waals surface area contributed by atoms with Crippen LogP contribution in [0.15, 0.2) is 42.5 Å². The van der Waals surface area contributed by atoms with Crippen LogP contribution < -0.4 is 10.6 Å². The lowest BCUT2D eigenvalue weighted by Gasteiger charge is -2.11. The van der Waals surface area contributed by atoms with Crippen LogP contribution in [0.5, 0.6) is 0 Å². The van der Waals surface area contributed by atoms with E-state index in [1.54, 1.807) is 32.0 Å². The van der Waals surface area contributed by atoms with Gasteiger partial charge in [-0.1, -0.05) is 18.2 Å². The van der Waals surface area contributed by atoms with E-state index in [0.29, 0.717) is 33.9 Å². The van der Waals surface area contributed by atoms with E-state index in [0.717, 1.165) is 0 Å². The number of nitro benzene ring substituents is 1. The van der Waals surface area contributed by atoms with Gasteiger partial charge in [0.2, 0.25) is 5.91 Å². The molecule has 4 rings (SSSR count). The fourth-order valence-electron chi connectivity index (χ4n) is 3.58. The quantitative estimate of drug-likeness (QED) is 0.479. The van der Waals surface area contributed by atoms with Crippen molar-refractivity contribution in [3.8, 4) is 11.1 Å². The number of carbonyl (C=O) groups is 2. The fourth-order valence-corrected chi connectivity index (χ4v) is 3.58. The molecule has 0 saturated heterocycles. The van der Waals surface area contributed by atoms with Crippen molar-refractivity contribution in [3.05, 3.63) is 69.7 Å². The van der Waals surface area contributed by atoms with Crippen LogP contribution in [0.25, 0.3) is 11.1 Å². The maximum Gasteiger partial charge on any atom is 0.271 e. The number of amides is 2. The number of non-ortho nitro benzene ring substituents is 1. The number of rotatable bonds is 5. The molecule has 2 heterocycles. The second-order valence-electron chi connectivity index (χ2n) is 7.27. The average Bonchev–Trinajstić information content (AvgIpc) is 3.18. The third-order valence-electron chi connectivity index (χ3n) is 5.14. The van der Waals surface area contributed by atoms with Crippen molar-refractivity contribution in [2.24, 2.45) is 0 Å². The number of aryl methyl sites for hydroxylation is 2. The molecule has 0 fully saturated rings. The minimum atomic E-state index is -0.873. The summed E-state index contributed by atoms with van der Waals surface area (Å²) >= 11 is 0. The van der Waals surface area contributed by atoms with E-state index in [1.165, 1.54) is 28.9 Å². The summed E-state index contributed by atoms with van der Waals surface area (Å²) in [7, 11) is 0. The number of anilines is 2. The Labute approximate surface area is 176 Å². The molecule has 2 amide bonds. The minimum Gasteiger partial charge on any atom is -0.326 e. The molecule has 2 aromatic carbocycles. The van der Waals surface area contributed by atoms with Gasteiger partial charge in [-0.05, 0) is 37.1 Å². The predicted octanol–water partition coefficient (Wildman–Crippen LogP) is 3.74. The molecule has 1 aromatic heterocycles. The van der Waals surface area contributed by atoms with Crippen molar-refractivity contribution in [1.29, 1.82) is 0 Å². The Balaban J connectivity index is 1.58. The first-order chi connectivity index (χ1) is 14.7. The highest BCUT2D eigenvalue weighted by atomic mass is 19.1. The molecule has 1 aliphatic rings. The van der Waals surface area contributed by atoms with Crippen molar-refractivity contribution in [2.75, 3.05) is 10.6 Å². The first-order valence-electron chi connectivity index (χ1n) is 9.45. The zero-order valence-corrected chi connectivity index (χ0v) is 16.7. The van der Waals surface area contributed by atoms with E-state index in [-0.39, 0.29) is 17.9 Å². The van der Waals surface area contributed by atoms with Crippen LogP contribution in [0.1, 0.15) is 23.7 Å². The second kappa shape index (κ2) is 7.63. The van der Waals surface area contributed by atoms with Crippen LogP contribution >= 0.6 is 0 Å². The highest BCUT2D eigenvalue weighted by molar-refractivity contribution is 6.04. The number of hydrogen-bond donors (Lipinski definition) is 2. The number of carbonyl (C=O) groups excluding carboxylic acids is 2. The van der Waals surface area contributed by atoms with Crippen LogP contribution in [-0.2, 0) is 9.59 Å². The zero-order chi connectivity index (χ0) is 22.3. The average molecular weight is 423 g/mol. The Kier molecular flexibility index (Phi) is 4.97. The predicted molar refractivity (Wildman–Crippen MR) is 111 cm³/mol. The van der Waals surface area contributed by atoms with Crippen molar-refractivity contribution in [2.45, 2.75) is 26.3 Å². The zero-order valence-electron chi connectivity index (χ0n) is 16.7. The van der Waals surface area contributed by atoms with Gasteiger partial charge in [0.25, 0.3) is 11.6 Å². The first-order valence-corrected chi connectivity index (χ1v) is 9.45. The third-order valence-corrected chi connectivity index (χ3v) is 5.14. The van der Waals surface area contributed by atoms with Crippen LogP contribution in [0, 0.1) is 29.8 Å². The van der Waals surface area contributed by atoms with Gasteiger partial charge < -0.3 is 10.6 Å². The summed E-state index contributed by atoms with van der Waals surface area (Å²) in [6.07, 6.45) is -0.203. The van der Waals surface area contributed by atoms with E-state index in [1.807, 2.05) is 0 Å². The summed E-state index contributed by atoms with van der Waals surface area (Å²) in [6, 6.07) is 9.13. The molecule has 9 nitrogen and oxygen atoms in total. The third kappa shape index (κ3) is 3.75. The van der Waals surface area contributed by atoms with Crippen LogP contribution in [0.3, 0.4) is 0 Å². The molecule has 0 bridgehead atoms. The Morgan fingerprint density at radius 2 is 1.97 bits per heavy atom. The number of fused-ring (bicyclic) bond motifs is 1. The van der Waals surface area contributed by atoms with Gasteiger partial charge in [-0.25, -0.2) is 9.07 Å². The SMILES string of the molecule is Cc1ccc([N+](=O)[O-])cc1NC(=O)CC1C(=O)Nc2c(-c3ccc(F)cc3)c(C)nn21. The lowest BCUT2D eigenvalue weighted by atomic mass is 10.1. The van der Waals surface area contributed by atoms with E-state index in [2.05, 4.69) is 15.7 Å². The number of halogens is 1. The van der Waals surface area contributed by atoms with Gasteiger partial charge in [-0.2, -0.15) is 5.10 Å². The Hall–Kier alpha value is -4.08. The summed E-state index contributed by atoms with van der Waals surface area (Å²) < 4.78 is 14.7. The van der Waals surface area contributed by atoms with Crippen LogP contribution in [0.4, 0.5) is 21.6 Å². The molecule has 0 spiro atoms. The molecule has 3 aromatic rings. The largest absolute Gasteiger partial charge is 0.326 e. The van der Waals surface area contributed by atoms with Crippen molar-refractivity contribution < 1.29 is 18.9 Å². The summed E-state index contributed by atoms with van der Waals surface area (Å²) in [5.74, 6) is -0.802. The molecule has 2 N–H and O–H groups in total. The van der Waals surface area contributed by atoms with E-state index >= 15 is 0 Å². The smallest absolute Gasteiger partial charge is 0.271 e. The highest BCUT2D eigenvalue weighted by Gasteiger charge is 2.36. The van der Waals surface area contributed by atoms with Gasteiger partial charge in [0.15, 0.2) is 0 Å². The van der Waals surface area contributed by atoms with Gasteiger partial charge in [0, 0.05) is 17.7 Å². The number of nitrogens with zero attached hydrogens (tertiary/aromatic N) is 3. The van der Waals surface area contributed by atoms with E-state index in [4.69, 9.17) is 0 Å². The number of hydrogen-bond acceptors (Lipinski definition) is 5. The summed E-state index contributed by atoms with van der Waals surface area (Å²) in [5, 5.41) is 20.8. The van der Waals surface area contributed by atoms with Crippen LogP contribution in [0.2, 0.25) is 0 Å². The molecule has 0 aliphatic carbocycles. The number of benzene rings is 2. The standard InChI is InChI=1S/C21H18FN5O4/c1-11-3-8-15(27(30)31)9-16(11)23-18(28)10-17-21(29)24-20-19(12(2)25-26(17)20)13-4-6-14(22)7-5-13/h3-9,17H,10H2,1-2H3,(H,23,28)(H,24,29).